The van der Waals surface area contributed by atoms with E-state index in [1.54, 1.807) is 0 Å². The summed E-state index contributed by atoms with van der Waals surface area (Å²) in [6, 6.07) is 25.5. The standard InChI is InChI=1S/C38H44FN5O4.C38H43FN2O4/c1-22(2)34-31(18-16-27-20-28(47-38(6,7)46-27)21-32(45)48-37(3,4)5)33(23-11-14-26(39)15-12-23)30-10-8-9-24-19-25(36-41-43-44-42-36)13-17-29(24)35(30)40-34;1-23(2)35-32(19-17-28-21-29(44-38(6,7)43-28)22-33(42)45-37(3,4)5)34(24-12-14-26(39)15-13-24)31-11-9-10-25-20-27(40-8)16-18-30(25)36(31)41-35/h11-19,22,27-28H,8-10,20-21H2,1-7H3,(H,41,42,43,44);12-20,23,28-29H,9-11,21-22H2,1-7H3/b18-16+;19-17+/t27-,28-;28-,29-/m11/s1. The van der Waals surface area contributed by atoms with Gasteiger partial charge in [0, 0.05) is 40.7 Å². The van der Waals surface area contributed by atoms with Crippen molar-refractivity contribution in [2.24, 2.45) is 0 Å². The number of rotatable bonds is 13. The Kier molecular flexibility index (Phi) is 20.3. The molecule has 2 fully saturated rings. The Labute approximate surface area is 545 Å². The first-order valence-corrected chi connectivity index (χ1v) is 32.5. The molecular weight excluding hydrogens is 1180 g/mol. The molecule has 488 valence electrons. The molecule has 0 saturated carbocycles. The van der Waals surface area contributed by atoms with Crippen LogP contribution in [0, 0.1) is 18.2 Å². The lowest BCUT2D eigenvalue weighted by Gasteiger charge is -2.40. The van der Waals surface area contributed by atoms with Crippen LogP contribution in [-0.2, 0) is 63.7 Å². The van der Waals surface area contributed by atoms with Crippen LogP contribution in [0.15, 0.2) is 97.1 Å². The number of hydrogen-bond donors (Lipinski definition) is 1. The van der Waals surface area contributed by atoms with Gasteiger partial charge in [-0.05, 0) is 200 Å². The highest BCUT2D eigenvalue weighted by molar-refractivity contribution is 5.88. The van der Waals surface area contributed by atoms with Crippen LogP contribution in [0.4, 0.5) is 14.5 Å². The van der Waals surface area contributed by atoms with E-state index in [4.69, 9.17) is 45.0 Å². The Morgan fingerprint density at radius 1 is 0.624 bits per heavy atom. The lowest BCUT2D eigenvalue weighted by Crippen LogP contribution is -2.45. The zero-order valence-corrected chi connectivity index (χ0v) is 56.1. The summed E-state index contributed by atoms with van der Waals surface area (Å²) in [6.45, 7) is 34.6. The van der Waals surface area contributed by atoms with Crippen molar-refractivity contribution in [2.75, 3.05) is 0 Å². The number of aryl methyl sites for hydroxylation is 2. The molecule has 4 aliphatic rings. The minimum absolute atomic E-state index is 0.0893. The third-order valence-corrected chi connectivity index (χ3v) is 16.6. The van der Waals surface area contributed by atoms with Crippen LogP contribution in [-0.4, -0.2) is 89.7 Å². The maximum absolute atomic E-state index is 14.2. The minimum Gasteiger partial charge on any atom is -0.460 e. The number of nitrogens with one attached hydrogen (secondary N) is 1. The predicted molar refractivity (Wildman–Crippen MR) is 358 cm³/mol. The molecule has 15 nitrogen and oxygen atoms in total. The number of halogens is 2. The van der Waals surface area contributed by atoms with Crippen LogP contribution in [0.1, 0.15) is 192 Å². The Morgan fingerprint density at radius 2 is 1.05 bits per heavy atom. The lowest BCUT2D eigenvalue weighted by molar-refractivity contribution is -0.291. The van der Waals surface area contributed by atoms with E-state index in [1.807, 2.05) is 124 Å². The molecule has 2 aliphatic heterocycles. The van der Waals surface area contributed by atoms with Crippen LogP contribution in [0.2, 0.25) is 0 Å². The quantitative estimate of drug-likeness (QED) is 0.0854. The van der Waals surface area contributed by atoms with Crippen molar-refractivity contribution in [1.29, 1.82) is 0 Å². The lowest BCUT2D eigenvalue weighted by atomic mass is 9.86. The van der Waals surface area contributed by atoms with E-state index in [1.165, 1.54) is 29.8 Å². The van der Waals surface area contributed by atoms with Crippen LogP contribution in [0.3, 0.4) is 0 Å². The van der Waals surface area contributed by atoms with Crippen LogP contribution >= 0.6 is 0 Å². The van der Waals surface area contributed by atoms with Gasteiger partial charge in [-0.1, -0.05) is 107 Å². The van der Waals surface area contributed by atoms with Gasteiger partial charge in [0.25, 0.3) is 0 Å². The number of esters is 2. The van der Waals surface area contributed by atoms with Gasteiger partial charge in [0.15, 0.2) is 17.3 Å². The van der Waals surface area contributed by atoms with Gasteiger partial charge in [-0.25, -0.2) is 13.6 Å². The first-order chi connectivity index (χ1) is 44.0. The maximum atomic E-state index is 14.2. The molecular formula is C76H87F2N7O8. The molecule has 7 aromatic rings. The third-order valence-electron chi connectivity index (χ3n) is 16.6. The van der Waals surface area contributed by atoms with Crippen molar-refractivity contribution in [2.45, 2.75) is 220 Å². The second kappa shape index (κ2) is 27.8. The van der Waals surface area contributed by atoms with Crippen LogP contribution in [0.5, 0.6) is 0 Å². The van der Waals surface area contributed by atoms with Gasteiger partial charge < -0.3 is 28.4 Å². The smallest absolute Gasteiger partial charge is 0.308 e. The Balaban J connectivity index is 0.000000204. The van der Waals surface area contributed by atoms with E-state index in [0.717, 1.165) is 128 Å². The SMILES string of the molecule is CC(C)c1nc2c(c(-c3ccc(F)cc3)c1/C=C/[C@@H]1C[C@H](CC(=O)OC(C)(C)C)OC(C)(C)O1)CCCc1cc(-c3nn[nH]n3)ccc1-2.[C-]#[N+]c1ccc2c(c1)CCCc1c-2nc(C(C)C)c(/C=C/[C@@H]2C[C@H](CC(=O)OC(C)(C)C)OC(C)(C)O2)c1-c1ccc(F)cc1. The molecule has 11 rings (SSSR count). The topological polar surface area (TPSA) is 174 Å². The summed E-state index contributed by atoms with van der Waals surface area (Å²) in [4.78, 5) is 39.7. The predicted octanol–water partition coefficient (Wildman–Crippen LogP) is 17.4. The van der Waals surface area contributed by atoms with E-state index < -0.39 is 22.8 Å². The summed E-state index contributed by atoms with van der Waals surface area (Å²) in [7, 11) is 0. The maximum Gasteiger partial charge on any atom is 0.308 e. The average molecular weight is 1260 g/mol. The molecule has 93 heavy (non-hydrogen) atoms. The Bertz CT molecular complexity index is 3970. The van der Waals surface area contributed by atoms with Gasteiger partial charge in [-0.15, -0.1) is 10.2 Å². The number of fused-ring (bicyclic) bond motifs is 6. The Hall–Kier alpha value is -8.14. The van der Waals surface area contributed by atoms with Gasteiger partial charge in [0.05, 0.1) is 66.6 Å². The molecule has 0 spiro atoms. The van der Waals surface area contributed by atoms with E-state index in [2.05, 4.69) is 83.5 Å². The van der Waals surface area contributed by atoms with Crippen molar-refractivity contribution in [3.8, 4) is 56.2 Å². The minimum atomic E-state index is -0.892. The second-order valence-corrected chi connectivity index (χ2v) is 28.2. The first-order valence-electron chi connectivity index (χ1n) is 32.5. The molecule has 17 heteroatoms. The molecule has 2 aliphatic carbocycles. The molecule has 1 N–H and O–H groups in total. The summed E-state index contributed by atoms with van der Waals surface area (Å²) in [5.41, 5.74) is 16.7. The van der Waals surface area contributed by atoms with Crippen molar-refractivity contribution >= 4 is 29.8 Å². The van der Waals surface area contributed by atoms with Crippen molar-refractivity contribution in [3.63, 3.8) is 0 Å². The molecule has 4 atom stereocenters. The number of carbonyl (C=O) groups is 2. The number of benzene rings is 4. The number of ether oxygens (including phenoxy) is 6. The zero-order chi connectivity index (χ0) is 66.7. The first kappa shape index (κ1) is 67.7. The molecule has 0 bridgehead atoms. The molecule has 4 aromatic carbocycles. The Morgan fingerprint density at radius 3 is 1.46 bits per heavy atom. The molecule has 5 heterocycles. The summed E-state index contributed by atoms with van der Waals surface area (Å²) in [5, 5.41) is 14.6. The fourth-order valence-electron chi connectivity index (χ4n) is 13.1. The number of H-pyrrole nitrogens is 1. The van der Waals surface area contributed by atoms with Gasteiger partial charge >= 0.3 is 11.9 Å². The summed E-state index contributed by atoms with van der Waals surface area (Å²) in [5.74, 6) is -2.21. The average Bonchev–Trinajstić information content (AvgIpc) is 1.74. The third kappa shape index (κ3) is 16.8. The van der Waals surface area contributed by atoms with E-state index in [9.17, 15) is 18.4 Å². The molecule has 0 radical (unpaired) electrons. The van der Waals surface area contributed by atoms with Crippen molar-refractivity contribution < 1.29 is 46.8 Å². The van der Waals surface area contributed by atoms with E-state index >= 15 is 0 Å². The van der Waals surface area contributed by atoms with Crippen LogP contribution in [0.25, 0.3) is 73.2 Å². The largest absolute Gasteiger partial charge is 0.460 e. The number of aromatic amines is 1. The van der Waals surface area contributed by atoms with Gasteiger partial charge in [-0.3, -0.25) is 19.6 Å². The summed E-state index contributed by atoms with van der Waals surface area (Å²) in [6.07, 6.45) is 13.4. The zero-order valence-electron chi connectivity index (χ0n) is 56.1. The number of hydrogen-bond acceptors (Lipinski definition) is 13. The van der Waals surface area contributed by atoms with Crippen LogP contribution < -0.4 is 0 Å². The number of aromatic nitrogens is 6. The number of nitrogens with zero attached hydrogens (tertiary/aromatic N) is 6. The highest BCUT2D eigenvalue weighted by Crippen LogP contribution is 2.46. The second-order valence-electron chi connectivity index (χ2n) is 28.2. The number of carbonyl (C=O) groups excluding carboxylic acids is 2. The molecule has 0 unspecified atom stereocenters. The number of tetrazole rings is 1. The van der Waals surface area contributed by atoms with E-state index in [0.29, 0.717) is 24.4 Å². The summed E-state index contributed by atoms with van der Waals surface area (Å²) >= 11 is 0. The fraction of sp³-hybridized carbons (Fsp3) is 0.447. The van der Waals surface area contributed by atoms with E-state index in [-0.39, 0.29) is 72.7 Å². The molecule has 0 amide bonds. The highest BCUT2D eigenvalue weighted by Gasteiger charge is 2.39. The number of pyridine rings is 2. The summed E-state index contributed by atoms with van der Waals surface area (Å²) < 4.78 is 64.5. The van der Waals surface area contributed by atoms with Gasteiger partial charge in [-0.2, -0.15) is 5.21 Å². The monoisotopic (exact) mass is 1260 g/mol. The highest BCUT2D eigenvalue weighted by atomic mass is 19.1. The van der Waals surface area contributed by atoms with Crippen molar-refractivity contribution in [1.82, 2.24) is 30.6 Å². The normalized spacial score (nSPS) is 19.3. The van der Waals surface area contributed by atoms with Gasteiger partial charge in [0.1, 0.15) is 22.8 Å². The van der Waals surface area contributed by atoms with Crippen molar-refractivity contribution in [3.05, 3.63) is 165 Å². The molecule has 2 saturated heterocycles. The fourth-order valence-corrected chi connectivity index (χ4v) is 13.1. The van der Waals surface area contributed by atoms with Gasteiger partial charge in [0.2, 0.25) is 5.82 Å². The molecule has 3 aromatic heterocycles.